The summed E-state index contributed by atoms with van der Waals surface area (Å²) in [7, 11) is 0. The molecule has 3 rings (SSSR count). The Morgan fingerprint density at radius 3 is 2.70 bits per heavy atom. The average Bonchev–Trinajstić information content (AvgIpc) is 3.06. The number of carbonyl (C=O) groups excluding carboxylic acids is 1. The third-order valence-electron chi connectivity index (χ3n) is 4.48. The van der Waals surface area contributed by atoms with E-state index in [0.717, 1.165) is 25.3 Å². The number of aromatic nitrogens is 1. The van der Waals surface area contributed by atoms with Crippen molar-refractivity contribution >= 4 is 22.4 Å². The number of hydrogen-bond donors (Lipinski definition) is 1. The zero-order valence-corrected chi connectivity index (χ0v) is 16.5. The first-order valence-electron chi connectivity index (χ1n) is 9.11. The Hall–Kier alpha value is -2.43. The van der Waals surface area contributed by atoms with Crippen molar-refractivity contribution in [1.29, 1.82) is 5.26 Å². The van der Waals surface area contributed by atoms with Crippen LogP contribution in [0.15, 0.2) is 29.6 Å². The van der Waals surface area contributed by atoms with Crippen LogP contribution >= 0.6 is 11.3 Å². The van der Waals surface area contributed by atoms with Crippen LogP contribution in [0.1, 0.15) is 31.5 Å². The van der Waals surface area contributed by atoms with Gasteiger partial charge in [0.05, 0.1) is 17.3 Å². The third-order valence-corrected chi connectivity index (χ3v) is 5.29. The topological polar surface area (TPSA) is 78.3 Å². The molecule has 1 fully saturated rings. The number of nitriles is 1. The number of likely N-dealkylation sites (tertiary alicyclic amines) is 1. The fourth-order valence-corrected chi connectivity index (χ4v) is 4.23. The van der Waals surface area contributed by atoms with Crippen molar-refractivity contribution in [2.75, 3.05) is 25.0 Å². The quantitative estimate of drug-likeness (QED) is 0.824. The number of benzene rings is 1. The minimum Gasteiger partial charge on any atom is -0.484 e. The highest BCUT2D eigenvalue weighted by Gasteiger charge is 2.22. The third kappa shape index (κ3) is 5.78. The van der Waals surface area contributed by atoms with Gasteiger partial charge in [0.2, 0.25) is 0 Å². The monoisotopic (exact) mass is 384 g/mol. The Morgan fingerprint density at radius 2 is 2.04 bits per heavy atom. The lowest BCUT2D eigenvalue weighted by molar-refractivity contribution is -0.118. The summed E-state index contributed by atoms with van der Waals surface area (Å²) in [6.45, 7) is 7.52. The zero-order valence-electron chi connectivity index (χ0n) is 15.6. The average molecular weight is 385 g/mol. The molecule has 1 aliphatic rings. The molecule has 1 saturated heterocycles. The first-order valence-corrected chi connectivity index (χ1v) is 9.99. The van der Waals surface area contributed by atoms with Crippen LogP contribution in [0.2, 0.25) is 0 Å². The molecule has 2 heterocycles. The van der Waals surface area contributed by atoms with E-state index in [-0.39, 0.29) is 12.5 Å². The van der Waals surface area contributed by atoms with E-state index in [1.807, 2.05) is 11.4 Å². The van der Waals surface area contributed by atoms with Crippen molar-refractivity contribution in [3.63, 3.8) is 0 Å². The molecular weight excluding hydrogens is 360 g/mol. The van der Waals surface area contributed by atoms with Crippen molar-refractivity contribution < 1.29 is 9.53 Å². The van der Waals surface area contributed by atoms with E-state index in [0.29, 0.717) is 28.3 Å². The number of thiazole rings is 1. The van der Waals surface area contributed by atoms with Crippen LogP contribution in [0, 0.1) is 23.2 Å². The maximum atomic E-state index is 12.1. The molecule has 27 heavy (non-hydrogen) atoms. The van der Waals surface area contributed by atoms with Crippen LogP contribution < -0.4 is 10.1 Å². The van der Waals surface area contributed by atoms with Crippen LogP contribution in [-0.4, -0.2) is 35.5 Å². The molecule has 0 aliphatic carbocycles. The number of nitrogens with zero attached hydrogens (tertiary/aromatic N) is 3. The Morgan fingerprint density at radius 1 is 1.33 bits per heavy atom. The molecule has 0 saturated carbocycles. The highest BCUT2D eigenvalue weighted by Crippen LogP contribution is 2.24. The van der Waals surface area contributed by atoms with Crippen LogP contribution in [0.5, 0.6) is 5.75 Å². The zero-order chi connectivity index (χ0) is 19.2. The molecule has 1 aromatic carbocycles. The van der Waals surface area contributed by atoms with Gasteiger partial charge in [0.1, 0.15) is 5.75 Å². The number of hydrogen-bond acceptors (Lipinski definition) is 6. The molecule has 1 amide bonds. The number of anilines is 1. The summed E-state index contributed by atoms with van der Waals surface area (Å²) in [5.41, 5.74) is 1.55. The van der Waals surface area contributed by atoms with Crippen molar-refractivity contribution in [1.82, 2.24) is 9.88 Å². The summed E-state index contributed by atoms with van der Waals surface area (Å²) in [5, 5.41) is 14.2. The summed E-state index contributed by atoms with van der Waals surface area (Å²) in [5.74, 6) is 1.73. The lowest BCUT2D eigenvalue weighted by Gasteiger charge is -2.34. The molecular formula is C20H24N4O2S. The first kappa shape index (κ1) is 19.3. The van der Waals surface area contributed by atoms with Gasteiger partial charge in [-0.15, -0.1) is 11.3 Å². The first-order chi connectivity index (χ1) is 13.0. The van der Waals surface area contributed by atoms with Crippen molar-refractivity contribution in [3.8, 4) is 11.8 Å². The van der Waals surface area contributed by atoms with E-state index in [1.165, 1.54) is 17.8 Å². The van der Waals surface area contributed by atoms with Gasteiger partial charge in [0.15, 0.2) is 11.7 Å². The van der Waals surface area contributed by atoms with Gasteiger partial charge in [-0.2, -0.15) is 5.26 Å². The summed E-state index contributed by atoms with van der Waals surface area (Å²) in [6, 6.07) is 8.70. The number of nitrogens with one attached hydrogen (secondary N) is 1. The number of ether oxygens (including phenoxy) is 1. The second-order valence-electron chi connectivity index (χ2n) is 7.26. The molecule has 1 aliphatic heterocycles. The SMILES string of the molecule is C[C@@H]1C[C@H](C)CN(Cc2csc(NC(=O)COc3ccc(C#N)cc3)n2)C1. The van der Waals surface area contributed by atoms with Gasteiger partial charge in [-0.3, -0.25) is 15.0 Å². The van der Waals surface area contributed by atoms with Gasteiger partial charge in [-0.1, -0.05) is 13.8 Å². The largest absolute Gasteiger partial charge is 0.484 e. The predicted octanol–water partition coefficient (Wildman–Crippen LogP) is 3.51. The van der Waals surface area contributed by atoms with E-state index < -0.39 is 0 Å². The van der Waals surface area contributed by atoms with E-state index in [4.69, 9.17) is 10.00 Å². The van der Waals surface area contributed by atoms with Gasteiger partial charge >= 0.3 is 0 Å². The molecule has 2 aromatic rings. The molecule has 0 radical (unpaired) electrons. The number of carbonyl (C=O) groups is 1. The fourth-order valence-electron chi connectivity index (χ4n) is 3.52. The van der Waals surface area contributed by atoms with Gasteiger partial charge in [0, 0.05) is 25.0 Å². The van der Waals surface area contributed by atoms with E-state index in [1.54, 1.807) is 24.3 Å². The Labute approximate surface area is 163 Å². The van der Waals surface area contributed by atoms with E-state index >= 15 is 0 Å². The molecule has 6 nitrogen and oxygen atoms in total. The summed E-state index contributed by atoms with van der Waals surface area (Å²) >= 11 is 1.43. The Balaban J connectivity index is 1.46. The van der Waals surface area contributed by atoms with Crippen LogP contribution in [0.3, 0.4) is 0 Å². The van der Waals surface area contributed by atoms with E-state index in [2.05, 4.69) is 29.0 Å². The molecule has 0 spiro atoms. The van der Waals surface area contributed by atoms with Crippen molar-refractivity contribution in [3.05, 3.63) is 40.9 Å². The number of amides is 1. The second-order valence-corrected chi connectivity index (χ2v) is 8.12. The molecule has 7 heteroatoms. The molecule has 1 aromatic heterocycles. The minimum absolute atomic E-state index is 0.0953. The van der Waals surface area contributed by atoms with Gasteiger partial charge in [-0.05, 0) is 42.5 Å². The minimum atomic E-state index is -0.250. The second kappa shape index (κ2) is 8.98. The number of piperidine rings is 1. The van der Waals surface area contributed by atoms with Gasteiger partial charge < -0.3 is 4.74 Å². The number of rotatable bonds is 6. The van der Waals surface area contributed by atoms with Crippen LogP contribution in [0.4, 0.5) is 5.13 Å². The maximum Gasteiger partial charge on any atom is 0.264 e. The molecule has 2 atom stereocenters. The van der Waals surface area contributed by atoms with Crippen molar-refractivity contribution in [2.24, 2.45) is 11.8 Å². The Bertz CT molecular complexity index is 802. The lowest BCUT2D eigenvalue weighted by Crippen LogP contribution is -2.38. The van der Waals surface area contributed by atoms with Gasteiger partial charge in [0.25, 0.3) is 5.91 Å². The van der Waals surface area contributed by atoms with Gasteiger partial charge in [-0.25, -0.2) is 4.98 Å². The maximum absolute atomic E-state index is 12.1. The van der Waals surface area contributed by atoms with Crippen LogP contribution in [-0.2, 0) is 11.3 Å². The summed E-state index contributed by atoms with van der Waals surface area (Å²) < 4.78 is 5.44. The smallest absolute Gasteiger partial charge is 0.264 e. The van der Waals surface area contributed by atoms with Crippen LogP contribution in [0.25, 0.3) is 0 Å². The fraction of sp³-hybridized carbons (Fsp3) is 0.450. The molecule has 1 N–H and O–H groups in total. The Kier molecular flexibility index (Phi) is 6.43. The predicted molar refractivity (Wildman–Crippen MR) is 106 cm³/mol. The molecule has 0 unspecified atom stereocenters. The van der Waals surface area contributed by atoms with E-state index in [9.17, 15) is 4.79 Å². The highest BCUT2D eigenvalue weighted by molar-refractivity contribution is 7.13. The lowest BCUT2D eigenvalue weighted by atomic mass is 9.92. The summed E-state index contributed by atoms with van der Waals surface area (Å²) in [4.78, 5) is 19.0. The molecule has 142 valence electrons. The summed E-state index contributed by atoms with van der Waals surface area (Å²) in [6.07, 6.45) is 1.29. The normalized spacial score (nSPS) is 20.0. The standard InChI is InChI=1S/C20H24N4O2S/c1-14-7-15(2)10-24(9-14)11-17-13-27-20(22-17)23-19(25)12-26-18-5-3-16(8-21)4-6-18/h3-6,13-15H,7,9-12H2,1-2H3,(H,22,23,25)/t14-,15+. The van der Waals surface area contributed by atoms with Crippen molar-refractivity contribution in [2.45, 2.75) is 26.8 Å². The molecule has 0 bridgehead atoms. The highest BCUT2D eigenvalue weighted by atomic mass is 32.1.